The molecule has 1 N–H and O–H groups in total. The first-order valence-electron chi connectivity index (χ1n) is 22.2. The summed E-state index contributed by atoms with van der Waals surface area (Å²) in [6, 6.07) is 14.5. The van der Waals surface area contributed by atoms with Crippen LogP contribution in [0.5, 0.6) is 0 Å². The van der Waals surface area contributed by atoms with Crippen molar-refractivity contribution >= 4 is 38.1 Å². The van der Waals surface area contributed by atoms with Gasteiger partial charge in [0.15, 0.2) is 5.82 Å². The van der Waals surface area contributed by atoms with E-state index in [0.29, 0.717) is 87.5 Å². The van der Waals surface area contributed by atoms with Gasteiger partial charge in [-0.15, -0.1) is 0 Å². The van der Waals surface area contributed by atoms with E-state index in [0.717, 1.165) is 23.7 Å². The second kappa shape index (κ2) is 14.7. The molecule has 4 aromatic heterocycles. The van der Waals surface area contributed by atoms with E-state index in [1.165, 1.54) is 14.7 Å². The largest absolute Gasteiger partial charge is 0.438 e. The number of nitrogens with zero attached hydrogens (tertiary/aromatic N) is 8. The van der Waals surface area contributed by atoms with Gasteiger partial charge in [-0.2, -0.15) is 5.10 Å². The Balaban J connectivity index is 1.05. The van der Waals surface area contributed by atoms with Crippen LogP contribution in [-0.4, -0.2) is 73.6 Å². The Morgan fingerprint density at radius 2 is 1.76 bits per heavy atom. The first-order chi connectivity index (χ1) is 31.4. The summed E-state index contributed by atoms with van der Waals surface area (Å²) in [5, 5.41) is 10.5. The highest BCUT2D eigenvalue weighted by atomic mass is 35.5. The summed E-state index contributed by atoms with van der Waals surface area (Å²) in [6.45, 7) is 12.7. The fourth-order valence-electron chi connectivity index (χ4n) is 11.0. The third-order valence-corrected chi connectivity index (χ3v) is 16.7. The third kappa shape index (κ3) is 6.36. The van der Waals surface area contributed by atoms with Crippen LogP contribution in [0.3, 0.4) is 0 Å². The second-order valence-electron chi connectivity index (χ2n) is 19.2. The molecule has 342 valence electrons. The number of aryl methyl sites for hydroxylation is 2. The van der Waals surface area contributed by atoms with Gasteiger partial charge in [-0.05, 0) is 125 Å². The standard InChI is InChI=1S/C48H49ClFN9O6S/c1-25-18-32(19-26(2)41(25)50)59-42(57-16-15-56(46(57)62)36-10-11-38-33(40(36)49)24-51-66(38,7)63)39-28(4)55(14-12-34(39)53-59)43(60)37-21-31-20-29(30-13-17-64-47(5,6)23-30)8-9-35(31)58(37)48(22-27(48)3)44-52-45(61)65-54-44/h8-11,15-16,18-21,27-28,30H,12-14,17,22-24H2,1-7H3,(H,52,54,61)/t27-,28-,30-,48-,66-/m0/s1. The Hall–Kier alpha value is -6.04. The van der Waals surface area contributed by atoms with Crippen molar-refractivity contribution in [3.8, 4) is 17.2 Å². The Kier molecular flexibility index (Phi) is 9.50. The number of nitrogens with one attached hydrogen (secondary N) is 1. The number of H-pyrrole nitrogens is 1. The molecule has 11 rings (SSSR count). The van der Waals surface area contributed by atoms with Crippen LogP contribution >= 0.6 is 11.6 Å². The van der Waals surface area contributed by atoms with Crippen molar-refractivity contribution in [1.82, 2.24) is 38.5 Å². The van der Waals surface area contributed by atoms with Crippen LogP contribution in [0.1, 0.15) is 109 Å². The summed E-state index contributed by atoms with van der Waals surface area (Å²) in [4.78, 5) is 48.0. The van der Waals surface area contributed by atoms with Crippen LogP contribution in [0.15, 0.2) is 84.3 Å². The summed E-state index contributed by atoms with van der Waals surface area (Å²) in [5.41, 5.74) is 4.57. The van der Waals surface area contributed by atoms with Gasteiger partial charge in [0.25, 0.3) is 5.91 Å². The van der Waals surface area contributed by atoms with Gasteiger partial charge in [-0.25, -0.2) is 27.2 Å². The van der Waals surface area contributed by atoms with Gasteiger partial charge in [-0.1, -0.05) is 29.7 Å². The minimum absolute atomic E-state index is 0.00441. The molecular weight excluding hydrogens is 885 g/mol. The first kappa shape index (κ1) is 42.6. The molecule has 1 amide bonds. The van der Waals surface area contributed by atoms with E-state index in [9.17, 15) is 13.8 Å². The number of benzene rings is 3. The van der Waals surface area contributed by atoms with Gasteiger partial charge in [0.1, 0.15) is 22.9 Å². The predicted molar refractivity (Wildman–Crippen MR) is 246 cm³/mol. The normalized spacial score (nSPS) is 24.4. The lowest BCUT2D eigenvalue weighted by Crippen LogP contribution is -2.41. The van der Waals surface area contributed by atoms with Gasteiger partial charge in [0.05, 0.1) is 54.9 Å². The molecule has 4 aliphatic rings. The van der Waals surface area contributed by atoms with Crippen LogP contribution in [0.4, 0.5) is 4.39 Å². The molecule has 2 fully saturated rings. The second-order valence-corrected chi connectivity index (χ2v) is 21.8. The number of hydrogen-bond donors (Lipinski definition) is 1. The van der Waals surface area contributed by atoms with E-state index in [4.69, 9.17) is 26.0 Å². The molecule has 0 bridgehead atoms. The van der Waals surface area contributed by atoms with Crippen molar-refractivity contribution < 1.29 is 22.7 Å². The number of aromatic nitrogens is 7. The highest BCUT2D eigenvalue weighted by Crippen LogP contribution is 2.56. The first-order valence-corrected chi connectivity index (χ1v) is 24.5. The molecule has 3 aliphatic heterocycles. The van der Waals surface area contributed by atoms with Crippen LogP contribution in [-0.2, 0) is 33.0 Å². The number of halogens is 2. The molecule has 18 heteroatoms. The monoisotopic (exact) mass is 933 g/mol. The number of imidazole rings is 1. The molecular formula is C48H49ClFN9O6S. The highest BCUT2D eigenvalue weighted by Gasteiger charge is 2.59. The Labute approximate surface area is 384 Å². The van der Waals surface area contributed by atoms with E-state index in [-0.39, 0.29) is 40.7 Å². The summed E-state index contributed by atoms with van der Waals surface area (Å²) in [5.74, 6) is -0.231. The lowest BCUT2D eigenvalue weighted by atomic mass is 9.83. The molecule has 0 unspecified atom stereocenters. The maximum absolute atomic E-state index is 15.6. The number of amides is 1. The van der Waals surface area contributed by atoms with E-state index in [1.54, 1.807) is 61.4 Å². The molecule has 1 saturated heterocycles. The Morgan fingerprint density at radius 1 is 1.02 bits per heavy atom. The fraction of sp³-hybridized carbons (Fsp3) is 0.396. The molecule has 3 aromatic carbocycles. The number of fused-ring (bicyclic) bond motifs is 3. The number of aromatic amines is 1. The van der Waals surface area contributed by atoms with Crippen molar-refractivity contribution in [2.24, 2.45) is 10.3 Å². The highest BCUT2D eigenvalue weighted by molar-refractivity contribution is 7.93. The molecule has 7 heterocycles. The smallest absolute Gasteiger partial charge is 0.376 e. The van der Waals surface area contributed by atoms with E-state index < -0.39 is 32.8 Å². The quantitative estimate of drug-likeness (QED) is 0.168. The SMILES string of the molecule is Cc1cc(-n2nc3c(c2-n2ccn(-c4ccc5c(c4Cl)CN=[S@@]5(C)=O)c2=O)[C@H](C)N(C(=O)c2cc4cc([C@H]5CCOC(C)(C)C5)ccc4n2[C@@]2(c4noc(=O)[nH]4)C[C@@H]2C)CC3)cc(C)c1F. The number of ether oxygens (including phenoxy) is 1. The maximum atomic E-state index is 15.6. The third-order valence-electron chi connectivity index (χ3n) is 14.4. The molecule has 15 nitrogen and oxygen atoms in total. The maximum Gasteiger partial charge on any atom is 0.438 e. The molecule has 5 atom stereocenters. The number of hydrogen-bond acceptors (Lipinski definition) is 9. The zero-order chi connectivity index (χ0) is 46.4. The van der Waals surface area contributed by atoms with Crippen molar-refractivity contribution in [3.05, 3.63) is 138 Å². The molecule has 7 aromatic rings. The Morgan fingerprint density at radius 3 is 2.45 bits per heavy atom. The molecule has 0 spiro atoms. The van der Waals surface area contributed by atoms with Gasteiger partial charge in [0.2, 0.25) is 0 Å². The molecule has 66 heavy (non-hydrogen) atoms. The molecule has 0 radical (unpaired) electrons. The van der Waals surface area contributed by atoms with Gasteiger partial charge in [0, 0.05) is 60.3 Å². The molecule has 1 aliphatic carbocycles. The number of rotatable bonds is 7. The Bertz CT molecular complexity index is 3450. The number of carbonyl (C=O) groups excluding carboxylic acids is 1. The van der Waals surface area contributed by atoms with Crippen LogP contribution < -0.4 is 11.4 Å². The predicted octanol–water partition coefficient (Wildman–Crippen LogP) is 8.04. The summed E-state index contributed by atoms with van der Waals surface area (Å²) in [6.07, 6.45) is 7.54. The topological polar surface area (TPSA) is 168 Å². The molecule has 1 saturated carbocycles. The van der Waals surface area contributed by atoms with Gasteiger partial charge in [-0.3, -0.25) is 23.4 Å². The van der Waals surface area contributed by atoms with Crippen LogP contribution in [0.2, 0.25) is 5.02 Å². The van der Waals surface area contributed by atoms with Crippen molar-refractivity contribution in [2.75, 3.05) is 19.4 Å². The van der Waals surface area contributed by atoms with E-state index >= 15 is 9.18 Å². The lowest BCUT2D eigenvalue weighted by Gasteiger charge is -2.35. The summed E-state index contributed by atoms with van der Waals surface area (Å²) >= 11 is 6.95. The fourth-order valence-corrected chi connectivity index (χ4v) is 12.8. The van der Waals surface area contributed by atoms with Crippen molar-refractivity contribution in [3.63, 3.8) is 0 Å². The average Bonchev–Trinajstić information content (AvgIpc) is 3.87. The van der Waals surface area contributed by atoms with Crippen LogP contribution in [0, 0.1) is 25.6 Å². The van der Waals surface area contributed by atoms with Crippen LogP contribution in [0.25, 0.3) is 28.1 Å². The van der Waals surface area contributed by atoms with Crippen molar-refractivity contribution in [2.45, 2.75) is 102 Å². The van der Waals surface area contributed by atoms with Gasteiger partial charge >= 0.3 is 11.4 Å². The average molecular weight is 934 g/mol. The van der Waals surface area contributed by atoms with Gasteiger partial charge < -0.3 is 14.2 Å². The van der Waals surface area contributed by atoms with Crippen molar-refractivity contribution in [1.29, 1.82) is 0 Å². The zero-order valence-electron chi connectivity index (χ0n) is 37.6. The zero-order valence-corrected chi connectivity index (χ0v) is 39.2. The summed E-state index contributed by atoms with van der Waals surface area (Å²) < 4.78 is 50.3. The minimum Gasteiger partial charge on any atom is -0.376 e. The summed E-state index contributed by atoms with van der Waals surface area (Å²) in [7, 11) is -2.60. The minimum atomic E-state index is -2.60. The lowest BCUT2D eigenvalue weighted by molar-refractivity contribution is -0.0592. The number of carbonyl (C=O) groups is 1. The van der Waals surface area contributed by atoms with E-state index in [1.807, 2.05) is 22.5 Å². The van der Waals surface area contributed by atoms with E-state index in [2.05, 4.69) is 53.5 Å².